The van der Waals surface area contributed by atoms with Crippen molar-refractivity contribution in [1.82, 2.24) is 4.57 Å². The van der Waals surface area contributed by atoms with Crippen LogP contribution in [0.2, 0.25) is 0 Å². The van der Waals surface area contributed by atoms with Crippen LogP contribution in [0.4, 0.5) is 17.1 Å². The first-order valence-corrected chi connectivity index (χ1v) is 20.2. The minimum atomic E-state index is 0.843. The third-order valence-electron chi connectivity index (χ3n) is 12.0. The predicted molar refractivity (Wildman–Crippen MR) is 249 cm³/mol. The molecule has 0 radical (unpaired) electrons. The Morgan fingerprint density at radius 1 is 0.339 bits per heavy atom. The second-order valence-electron chi connectivity index (χ2n) is 15.3. The van der Waals surface area contributed by atoms with Gasteiger partial charge in [-0.05, 0) is 98.4 Å². The molecular weight excluding hydrogens is 717 g/mol. The summed E-state index contributed by atoms with van der Waals surface area (Å²) in [5.41, 5.74) is 13.0. The molecule has 0 bridgehead atoms. The zero-order valence-corrected chi connectivity index (χ0v) is 32.1. The molecule has 0 aliphatic carbocycles. The van der Waals surface area contributed by atoms with E-state index in [2.05, 4.69) is 228 Å². The summed E-state index contributed by atoms with van der Waals surface area (Å²) in [6.45, 7) is 0. The van der Waals surface area contributed by atoms with Crippen molar-refractivity contribution in [2.75, 3.05) is 4.90 Å². The SMILES string of the molecule is c1ccc2c(-c3ccc(N(c4ccc(-c5cccc6ccccc56)cc4)c4ccc5c(c4)oc4c(-n6c7ccccc7c7ccccc76)cccc45)cc3)cccc2c1. The molecule has 0 saturated carbocycles. The van der Waals surface area contributed by atoms with E-state index in [9.17, 15) is 0 Å². The van der Waals surface area contributed by atoms with Crippen molar-refractivity contribution in [1.29, 1.82) is 0 Å². The molecule has 0 N–H and O–H groups in total. The molecule has 0 atom stereocenters. The van der Waals surface area contributed by atoms with E-state index in [0.29, 0.717) is 0 Å². The molecule has 3 nitrogen and oxygen atoms in total. The van der Waals surface area contributed by atoms with Crippen LogP contribution in [0.15, 0.2) is 223 Å². The second-order valence-corrected chi connectivity index (χ2v) is 15.3. The predicted octanol–water partition coefficient (Wildman–Crippen LogP) is 15.8. The number of hydrogen-bond donors (Lipinski definition) is 0. The number of furan rings is 1. The van der Waals surface area contributed by atoms with Gasteiger partial charge in [0, 0.05) is 44.7 Å². The van der Waals surface area contributed by atoms with E-state index in [-0.39, 0.29) is 0 Å². The molecule has 59 heavy (non-hydrogen) atoms. The van der Waals surface area contributed by atoms with Crippen LogP contribution >= 0.6 is 0 Å². The quantitative estimate of drug-likeness (QED) is 0.169. The molecular formula is C56H36N2O. The second kappa shape index (κ2) is 13.4. The van der Waals surface area contributed by atoms with Gasteiger partial charge in [-0.25, -0.2) is 0 Å². The average molecular weight is 753 g/mol. The Labute approximate surface area is 341 Å². The molecule has 0 amide bonds. The standard InChI is InChI=1S/C56H36N2O/c1-3-16-44-37(12-1)14-9-20-46(44)39-26-30-41(31-27-39)57(42-32-28-40(29-33-42)47-21-10-15-38-13-2-4-17-45(38)47)43-34-35-50-51-22-11-25-54(56(51)59-55(50)36-43)58-52-23-7-5-18-48(52)49-19-6-8-24-53(49)58/h1-36H. The summed E-state index contributed by atoms with van der Waals surface area (Å²) < 4.78 is 9.30. The largest absolute Gasteiger partial charge is 0.454 e. The highest BCUT2D eigenvalue weighted by molar-refractivity contribution is 6.13. The van der Waals surface area contributed by atoms with Crippen LogP contribution < -0.4 is 4.90 Å². The molecule has 0 fully saturated rings. The van der Waals surface area contributed by atoms with Crippen molar-refractivity contribution >= 4 is 82.4 Å². The Morgan fingerprint density at radius 2 is 0.797 bits per heavy atom. The number of rotatable bonds is 6. The topological polar surface area (TPSA) is 21.3 Å². The summed E-state index contributed by atoms with van der Waals surface area (Å²) in [4.78, 5) is 2.33. The number of nitrogens with zero attached hydrogens (tertiary/aromatic N) is 2. The Bertz CT molecular complexity index is 3370. The van der Waals surface area contributed by atoms with Gasteiger partial charge in [0.15, 0.2) is 5.58 Å². The van der Waals surface area contributed by atoms with Crippen LogP contribution in [0.5, 0.6) is 0 Å². The van der Waals surface area contributed by atoms with Gasteiger partial charge in [0.05, 0.1) is 16.7 Å². The van der Waals surface area contributed by atoms with E-state index in [1.165, 1.54) is 54.6 Å². The third kappa shape index (κ3) is 5.36. The van der Waals surface area contributed by atoms with Crippen molar-refractivity contribution in [2.24, 2.45) is 0 Å². The zero-order chi connectivity index (χ0) is 38.9. The molecule has 12 aromatic rings. The maximum absolute atomic E-state index is 6.96. The summed E-state index contributed by atoms with van der Waals surface area (Å²) in [6, 6.07) is 78.6. The number of aromatic nitrogens is 1. The fourth-order valence-corrected chi connectivity index (χ4v) is 9.25. The van der Waals surface area contributed by atoms with Gasteiger partial charge in [0.1, 0.15) is 5.58 Å². The molecule has 3 heteroatoms. The number of fused-ring (bicyclic) bond motifs is 8. The first-order chi connectivity index (χ1) is 29.3. The molecule has 2 aromatic heterocycles. The zero-order valence-electron chi connectivity index (χ0n) is 32.1. The smallest absolute Gasteiger partial charge is 0.159 e. The minimum Gasteiger partial charge on any atom is -0.454 e. The highest BCUT2D eigenvalue weighted by atomic mass is 16.3. The molecule has 12 rings (SSSR count). The van der Waals surface area contributed by atoms with Crippen LogP contribution in [-0.2, 0) is 0 Å². The van der Waals surface area contributed by atoms with Gasteiger partial charge < -0.3 is 13.9 Å². The maximum Gasteiger partial charge on any atom is 0.159 e. The highest BCUT2D eigenvalue weighted by Crippen LogP contribution is 2.43. The molecule has 0 unspecified atom stereocenters. The van der Waals surface area contributed by atoms with Gasteiger partial charge in [-0.1, -0.05) is 158 Å². The molecule has 0 aliphatic heterocycles. The third-order valence-corrected chi connectivity index (χ3v) is 12.0. The first-order valence-electron chi connectivity index (χ1n) is 20.2. The van der Waals surface area contributed by atoms with E-state index in [4.69, 9.17) is 4.42 Å². The van der Waals surface area contributed by atoms with Gasteiger partial charge >= 0.3 is 0 Å². The van der Waals surface area contributed by atoms with Crippen LogP contribution in [0, 0.1) is 0 Å². The number of para-hydroxylation sites is 3. The highest BCUT2D eigenvalue weighted by Gasteiger charge is 2.20. The lowest BCUT2D eigenvalue weighted by Gasteiger charge is -2.26. The molecule has 10 aromatic carbocycles. The van der Waals surface area contributed by atoms with Gasteiger partial charge in [-0.15, -0.1) is 0 Å². The average Bonchev–Trinajstić information content (AvgIpc) is 3.85. The van der Waals surface area contributed by atoms with E-state index in [1.807, 2.05) is 0 Å². The van der Waals surface area contributed by atoms with Gasteiger partial charge in [-0.2, -0.15) is 0 Å². The molecule has 2 heterocycles. The van der Waals surface area contributed by atoms with Crippen molar-refractivity contribution in [3.8, 4) is 27.9 Å². The van der Waals surface area contributed by atoms with Gasteiger partial charge in [-0.3, -0.25) is 0 Å². The lowest BCUT2D eigenvalue weighted by Crippen LogP contribution is -2.09. The monoisotopic (exact) mass is 752 g/mol. The van der Waals surface area contributed by atoms with Crippen molar-refractivity contribution < 1.29 is 4.42 Å². The number of anilines is 3. The van der Waals surface area contributed by atoms with E-state index in [0.717, 1.165) is 55.7 Å². The summed E-state index contributed by atoms with van der Waals surface area (Å²) in [7, 11) is 0. The van der Waals surface area contributed by atoms with Crippen molar-refractivity contribution in [3.05, 3.63) is 218 Å². The summed E-state index contributed by atoms with van der Waals surface area (Å²) in [5, 5.41) is 9.61. The lowest BCUT2D eigenvalue weighted by atomic mass is 9.97. The van der Waals surface area contributed by atoms with Gasteiger partial charge in [0.25, 0.3) is 0 Å². The number of hydrogen-bond acceptors (Lipinski definition) is 2. The van der Waals surface area contributed by atoms with Crippen LogP contribution in [-0.4, -0.2) is 4.57 Å². The fraction of sp³-hybridized carbons (Fsp3) is 0. The molecule has 0 aliphatic rings. The van der Waals surface area contributed by atoms with Crippen molar-refractivity contribution in [3.63, 3.8) is 0 Å². The molecule has 0 spiro atoms. The van der Waals surface area contributed by atoms with Crippen LogP contribution in [0.3, 0.4) is 0 Å². The summed E-state index contributed by atoms with van der Waals surface area (Å²) in [6.07, 6.45) is 0. The Balaban J connectivity index is 1.01. The summed E-state index contributed by atoms with van der Waals surface area (Å²) in [5.74, 6) is 0. The maximum atomic E-state index is 6.96. The fourth-order valence-electron chi connectivity index (χ4n) is 9.25. The van der Waals surface area contributed by atoms with Gasteiger partial charge in [0.2, 0.25) is 0 Å². The van der Waals surface area contributed by atoms with E-state index in [1.54, 1.807) is 0 Å². The van der Waals surface area contributed by atoms with Crippen LogP contribution in [0.1, 0.15) is 0 Å². The lowest BCUT2D eigenvalue weighted by molar-refractivity contribution is 0.666. The minimum absolute atomic E-state index is 0.843. The Morgan fingerprint density at radius 3 is 1.37 bits per heavy atom. The summed E-state index contributed by atoms with van der Waals surface area (Å²) >= 11 is 0. The molecule has 0 saturated heterocycles. The Hall–Kier alpha value is -7.88. The van der Waals surface area contributed by atoms with E-state index >= 15 is 0 Å². The number of benzene rings is 10. The Kier molecular flexibility index (Phi) is 7.54. The van der Waals surface area contributed by atoms with E-state index < -0.39 is 0 Å². The van der Waals surface area contributed by atoms with Crippen molar-refractivity contribution in [2.45, 2.75) is 0 Å². The first kappa shape index (κ1) is 33.3. The molecule has 276 valence electrons. The normalized spacial score (nSPS) is 11.7. The van der Waals surface area contributed by atoms with Crippen LogP contribution in [0.25, 0.3) is 93.2 Å².